The van der Waals surface area contributed by atoms with E-state index in [1.165, 1.54) is 33.4 Å². The number of rotatable bonds is 3. The summed E-state index contributed by atoms with van der Waals surface area (Å²) in [6.07, 6.45) is 0. The molecule has 1 aromatic carbocycles. The van der Waals surface area contributed by atoms with E-state index >= 15 is 0 Å². The average molecular weight is 267 g/mol. The van der Waals surface area contributed by atoms with Crippen LogP contribution >= 0.6 is 11.6 Å². The molecule has 0 N–H and O–H groups in total. The molecule has 102 valence electrons. The molecule has 0 nitrogen and oxygen atoms in total. The van der Waals surface area contributed by atoms with Gasteiger partial charge >= 0.3 is 0 Å². The molecular weight excluding hydrogens is 240 g/mol. The number of hydrogen-bond donors (Lipinski definition) is 0. The van der Waals surface area contributed by atoms with Crippen molar-refractivity contribution in [1.29, 1.82) is 0 Å². The molecule has 1 aromatic rings. The quantitative estimate of drug-likeness (QED) is 0.607. The van der Waals surface area contributed by atoms with Crippen molar-refractivity contribution in [3.8, 4) is 0 Å². The van der Waals surface area contributed by atoms with Gasteiger partial charge in [-0.05, 0) is 79.8 Å². The highest BCUT2D eigenvalue weighted by Gasteiger charge is 2.24. The van der Waals surface area contributed by atoms with E-state index in [4.69, 9.17) is 11.6 Å². The predicted octanol–water partition coefficient (Wildman–Crippen LogP) is 5.80. The third-order valence-corrected chi connectivity index (χ3v) is 5.46. The lowest BCUT2D eigenvalue weighted by atomic mass is 9.82. The van der Waals surface area contributed by atoms with Crippen molar-refractivity contribution in [2.75, 3.05) is 0 Å². The van der Waals surface area contributed by atoms with Crippen LogP contribution in [0.5, 0.6) is 0 Å². The first kappa shape index (κ1) is 15.6. The maximum absolute atomic E-state index is 6.76. The second-order valence-corrected chi connectivity index (χ2v) is 6.51. The molecule has 0 radical (unpaired) electrons. The third kappa shape index (κ3) is 2.59. The Morgan fingerprint density at radius 1 is 0.667 bits per heavy atom. The first-order valence-corrected chi connectivity index (χ1v) is 7.34. The van der Waals surface area contributed by atoms with Crippen molar-refractivity contribution in [2.45, 2.75) is 60.8 Å². The minimum Gasteiger partial charge on any atom is -0.118 e. The van der Waals surface area contributed by atoms with Gasteiger partial charge in [-0.2, -0.15) is 0 Å². The van der Waals surface area contributed by atoms with Crippen LogP contribution in [0.15, 0.2) is 0 Å². The van der Waals surface area contributed by atoms with E-state index in [2.05, 4.69) is 55.4 Å². The standard InChI is InChI=1S/C17H27Cl/c1-9(2)10(3)17(18)16-14(7)12(5)11(4)13(6)15(16)8/h9-10,17H,1-8H3. The van der Waals surface area contributed by atoms with Crippen molar-refractivity contribution >= 4 is 11.6 Å². The fourth-order valence-electron chi connectivity index (χ4n) is 2.54. The lowest BCUT2D eigenvalue weighted by Crippen LogP contribution is -2.15. The van der Waals surface area contributed by atoms with E-state index in [9.17, 15) is 0 Å². The summed E-state index contributed by atoms with van der Waals surface area (Å²) >= 11 is 6.76. The summed E-state index contributed by atoms with van der Waals surface area (Å²) in [5.41, 5.74) is 8.32. The Labute approximate surface area is 118 Å². The topological polar surface area (TPSA) is 0 Å². The average Bonchev–Trinajstić information content (AvgIpc) is 2.32. The smallest absolute Gasteiger partial charge is 0.0618 e. The highest BCUT2D eigenvalue weighted by molar-refractivity contribution is 6.21. The molecular formula is C17H27Cl. The fourth-order valence-corrected chi connectivity index (χ4v) is 3.16. The van der Waals surface area contributed by atoms with Crippen LogP contribution in [-0.2, 0) is 0 Å². The molecule has 0 saturated carbocycles. The molecule has 0 aliphatic rings. The van der Waals surface area contributed by atoms with E-state index < -0.39 is 0 Å². The molecule has 0 aliphatic carbocycles. The molecule has 0 spiro atoms. The first-order valence-electron chi connectivity index (χ1n) is 6.91. The van der Waals surface area contributed by atoms with E-state index in [0.29, 0.717) is 11.8 Å². The number of benzene rings is 1. The predicted molar refractivity (Wildman–Crippen MR) is 82.7 cm³/mol. The van der Waals surface area contributed by atoms with Crippen LogP contribution < -0.4 is 0 Å². The van der Waals surface area contributed by atoms with Crippen molar-refractivity contribution in [1.82, 2.24) is 0 Å². The lowest BCUT2D eigenvalue weighted by molar-refractivity contribution is 0.404. The zero-order valence-corrected chi connectivity index (χ0v) is 13.9. The van der Waals surface area contributed by atoms with Gasteiger partial charge in [-0.3, -0.25) is 0 Å². The second-order valence-electron chi connectivity index (χ2n) is 6.04. The van der Waals surface area contributed by atoms with Crippen molar-refractivity contribution in [2.24, 2.45) is 11.8 Å². The zero-order valence-electron chi connectivity index (χ0n) is 13.1. The van der Waals surface area contributed by atoms with E-state index in [0.717, 1.165) is 0 Å². The summed E-state index contributed by atoms with van der Waals surface area (Å²) in [5, 5.41) is 0.114. The largest absolute Gasteiger partial charge is 0.118 e. The Morgan fingerprint density at radius 3 is 1.33 bits per heavy atom. The minimum atomic E-state index is 0.114. The van der Waals surface area contributed by atoms with Crippen molar-refractivity contribution in [3.63, 3.8) is 0 Å². The second kappa shape index (κ2) is 5.65. The van der Waals surface area contributed by atoms with E-state index in [1.807, 2.05) is 0 Å². The van der Waals surface area contributed by atoms with Crippen LogP contribution in [0.1, 0.15) is 59.5 Å². The Balaban J connectivity index is 3.42. The maximum Gasteiger partial charge on any atom is 0.0618 e. The first-order chi connectivity index (χ1) is 8.20. The highest BCUT2D eigenvalue weighted by Crippen LogP contribution is 2.39. The summed E-state index contributed by atoms with van der Waals surface area (Å²) in [6.45, 7) is 17.8. The molecule has 0 aromatic heterocycles. The number of halogens is 1. The molecule has 1 heteroatoms. The van der Waals surface area contributed by atoms with Gasteiger partial charge in [-0.15, -0.1) is 11.6 Å². The monoisotopic (exact) mass is 266 g/mol. The van der Waals surface area contributed by atoms with Crippen LogP contribution in [0.25, 0.3) is 0 Å². The summed E-state index contributed by atoms with van der Waals surface area (Å²) in [5.74, 6) is 1.10. The Bertz CT molecular complexity index is 414. The highest BCUT2D eigenvalue weighted by atomic mass is 35.5. The van der Waals surface area contributed by atoms with Crippen LogP contribution in [0.2, 0.25) is 0 Å². The molecule has 0 bridgehead atoms. The van der Waals surface area contributed by atoms with Gasteiger partial charge in [0.2, 0.25) is 0 Å². The van der Waals surface area contributed by atoms with Gasteiger partial charge in [-0.25, -0.2) is 0 Å². The molecule has 18 heavy (non-hydrogen) atoms. The molecule has 0 aliphatic heterocycles. The normalized spacial score (nSPS) is 15.0. The van der Waals surface area contributed by atoms with Crippen LogP contribution in [0, 0.1) is 46.5 Å². The van der Waals surface area contributed by atoms with Gasteiger partial charge in [-0.1, -0.05) is 20.8 Å². The Morgan fingerprint density at radius 2 is 1.00 bits per heavy atom. The van der Waals surface area contributed by atoms with E-state index in [1.54, 1.807) is 0 Å². The van der Waals surface area contributed by atoms with Gasteiger partial charge in [0.15, 0.2) is 0 Å². The lowest BCUT2D eigenvalue weighted by Gasteiger charge is -2.27. The SMILES string of the molecule is Cc1c(C)c(C)c(C(Cl)C(C)C(C)C)c(C)c1C. The van der Waals surface area contributed by atoms with Crippen LogP contribution in [0.3, 0.4) is 0 Å². The number of alkyl halides is 1. The Kier molecular flexibility index (Phi) is 4.89. The van der Waals surface area contributed by atoms with Crippen molar-refractivity contribution in [3.05, 3.63) is 33.4 Å². The molecule has 0 heterocycles. The third-order valence-electron chi connectivity index (χ3n) is 4.85. The van der Waals surface area contributed by atoms with E-state index in [-0.39, 0.29) is 5.38 Å². The fraction of sp³-hybridized carbons (Fsp3) is 0.647. The molecule has 0 fully saturated rings. The minimum absolute atomic E-state index is 0.114. The van der Waals surface area contributed by atoms with Crippen LogP contribution in [-0.4, -0.2) is 0 Å². The molecule has 1 rings (SSSR count). The van der Waals surface area contributed by atoms with Gasteiger partial charge in [0.25, 0.3) is 0 Å². The molecule has 0 amide bonds. The van der Waals surface area contributed by atoms with Gasteiger partial charge in [0.05, 0.1) is 5.38 Å². The summed E-state index contributed by atoms with van der Waals surface area (Å²) in [6, 6.07) is 0. The number of hydrogen-bond acceptors (Lipinski definition) is 0. The van der Waals surface area contributed by atoms with Gasteiger partial charge in [0.1, 0.15) is 0 Å². The van der Waals surface area contributed by atoms with Gasteiger partial charge < -0.3 is 0 Å². The summed E-state index contributed by atoms with van der Waals surface area (Å²) < 4.78 is 0. The molecule has 0 saturated heterocycles. The Hall–Kier alpha value is -0.490. The van der Waals surface area contributed by atoms with Crippen LogP contribution in [0.4, 0.5) is 0 Å². The maximum atomic E-state index is 6.76. The summed E-state index contributed by atoms with van der Waals surface area (Å²) in [7, 11) is 0. The van der Waals surface area contributed by atoms with Gasteiger partial charge in [0, 0.05) is 0 Å². The molecule has 2 atom stereocenters. The molecule has 2 unspecified atom stereocenters. The summed E-state index contributed by atoms with van der Waals surface area (Å²) in [4.78, 5) is 0. The zero-order chi connectivity index (χ0) is 14.2. The van der Waals surface area contributed by atoms with Crippen molar-refractivity contribution < 1.29 is 0 Å².